The Bertz CT molecular complexity index is 698. The van der Waals surface area contributed by atoms with Gasteiger partial charge < -0.3 is 10.1 Å². The molecule has 0 bridgehead atoms. The van der Waals surface area contributed by atoms with Gasteiger partial charge in [0.2, 0.25) is 0 Å². The van der Waals surface area contributed by atoms with Crippen LogP contribution < -0.4 is 5.32 Å². The zero-order valence-corrected chi connectivity index (χ0v) is 11.6. The third kappa shape index (κ3) is 3.17. The molecule has 1 N–H and O–H groups in total. The molecule has 0 spiro atoms. The normalized spacial score (nSPS) is 10.0. The molecule has 2 aromatic rings. The number of esters is 1. The molecule has 0 radical (unpaired) electrons. The van der Waals surface area contributed by atoms with E-state index in [0.29, 0.717) is 16.9 Å². The summed E-state index contributed by atoms with van der Waals surface area (Å²) in [6.07, 6.45) is 0. The van der Waals surface area contributed by atoms with Crippen molar-refractivity contribution in [3.05, 3.63) is 63.7 Å². The van der Waals surface area contributed by atoms with Gasteiger partial charge >= 0.3 is 5.97 Å². The molecule has 0 atom stereocenters. The summed E-state index contributed by atoms with van der Waals surface area (Å²) in [5.41, 5.74) is 1.83. The summed E-state index contributed by atoms with van der Waals surface area (Å²) in [6.45, 7) is 1.78. The smallest absolute Gasteiger partial charge is 0.339 e. The molecule has 0 fully saturated rings. The van der Waals surface area contributed by atoms with Crippen molar-refractivity contribution in [2.24, 2.45) is 0 Å². The number of rotatable bonds is 4. The number of para-hydroxylation sites is 1. The van der Waals surface area contributed by atoms with Gasteiger partial charge in [0.25, 0.3) is 5.69 Å². The Morgan fingerprint density at radius 1 is 1.19 bits per heavy atom. The summed E-state index contributed by atoms with van der Waals surface area (Å²) >= 11 is 0. The molecule has 2 aromatic carbocycles. The molecule has 0 amide bonds. The predicted molar refractivity (Wildman–Crippen MR) is 78.9 cm³/mol. The first-order valence-electron chi connectivity index (χ1n) is 6.22. The van der Waals surface area contributed by atoms with Gasteiger partial charge in [0.15, 0.2) is 0 Å². The SMILES string of the molecule is COC(=O)c1ccccc1Nc1ccc(C)cc1[N+](=O)[O-]. The fourth-order valence-electron chi connectivity index (χ4n) is 1.92. The molecular formula is C15H14N2O4. The van der Waals surface area contributed by atoms with E-state index < -0.39 is 10.9 Å². The van der Waals surface area contributed by atoms with Gasteiger partial charge in [-0.15, -0.1) is 0 Å². The fourth-order valence-corrected chi connectivity index (χ4v) is 1.92. The second-order valence-electron chi connectivity index (χ2n) is 4.44. The minimum Gasteiger partial charge on any atom is -0.465 e. The third-order valence-corrected chi connectivity index (χ3v) is 2.95. The minimum atomic E-state index is -0.507. The molecule has 6 nitrogen and oxygen atoms in total. The van der Waals surface area contributed by atoms with E-state index in [-0.39, 0.29) is 5.69 Å². The number of nitrogens with zero attached hydrogens (tertiary/aromatic N) is 1. The van der Waals surface area contributed by atoms with E-state index in [2.05, 4.69) is 5.32 Å². The van der Waals surface area contributed by atoms with Crippen LogP contribution in [0.1, 0.15) is 15.9 Å². The van der Waals surface area contributed by atoms with Crippen LogP contribution in [0, 0.1) is 17.0 Å². The highest BCUT2D eigenvalue weighted by molar-refractivity contribution is 5.96. The van der Waals surface area contributed by atoms with Crippen LogP contribution in [0.3, 0.4) is 0 Å². The van der Waals surface area contributed by atoms with Crippen molar-refractivity contribution in [2.45, 2.75) is 6.92 Å². The molecule has 0 heterocycles. The number of carbonyl (C=O) groups is 1. The van der Waals surface area contributed by atoms with E-state index in [0.717, 1.165) is 5.56 Å². The molecule has 0 saturated heterocycles. The standard InChI is InChI=1S/C15H14N2O4/c1-10-7-8-13(14(9-10)17(19)20)16-12-6-4-3-5-11(12)15(18)21-2/h3-9,16H,1-2H3. The van der Waals surface area contributed by atoms with E-state index in [4.69, 9.17) is 4.74 Å². The van der Waals surface area contributed by atoms with Gasteiger partial charge in [0, 0.05) is 6.07 Å². The van der Waals surface area contributed by atoms with Gasteiger partial charge in [-0.3, -0.25) is 10.1 Å². The van der Waals surface area contributed by atoms with E-state index >= 15 is 0 Å². The quantitative estimate of drug-likeness (QED) is 0.529. The number of nitro groups is 1. The van der Waals surface area contributed by atoms with Crippen molar-refractivity contribution in [1.29, 1.82) is 0 Å². The van der Waals surface area contributed by atoms with Crippen molar-refractivity contribution in [2.75, 3.05) is 12.4 Å². The number of nitrogens with one attached hydrogen (secondary N) is 1. The van der Waals surface area contributed by atoms with Gasteiger partial charge in [0.05, 0.1) is 23.3 Å². The highest BCUT2D eigenvalue weighted by Gasteiger charge is 2.17. The van der Waals surface area contributed by atoms with E-state index in [9.17, 15) is 14.9 Å². The topological polar surface area (TPSA) is 81.5 Å². The van der Waals surface area contributed by atoms with Crippen molar-refractivity contribution in [3.63, 3.8) is 0 Å². The van der Waals surface area contributed by atoms with Crippen LogP contribution in [0.4, 0.5) is 17.1 Å². The average molecular weight is 286 g/mol. The number of hydrogen-bond acceptors (Lipinski definition) is 5. The van der Waals surface area contributed by atoms with Gasteiger partial charge in [-0.05, 0) is 30.7 Å². The van der Waals surface area contributed by atoms with Gasteiger partial charge in [-0.2, -0.15) is 0 Å². The summed E-state index contributed by atoms with van der Waals surface area (Å²) in [7, 11) is 1.29. The van der Waals surface area contributed by atoms with Gasteiger partial charge in [-0.1, -0.05) is 18.2 Å². The molecule has 0 aliphatic rings. The molecule has 21 heavy (non-hydrogen) atoms. The molecule has 108 valence electrons. The Kier molecular flexibility index (Phi) is 4.18. The lowest BCUT2D eigenvalue weighted by Crippen LogP contribution is -2.06. The zero-order valence-electron chi connectivity index (χ0n) is 11.6. The second-order valence-corrected chi connectivity index (χ2v) is 4.44. The first-order valence-corrected chi connectivity index (χ1v) is 6.22. The van der Waals surface area contributed by atoms with Gasteiger partial charge in [0.1, 0.15) is 5.69 Å². The summed E-state index contributed by atoms with van der Waals surface area (Å²) < 4.78 is 4.70. The number of methoxy groups -OCH3 is 1. The summed E-state index contributed by atoms with van der Waals surface area (Å²) in [6, 6.07) is 11.5. The highest BCUT2D eigenvalue weighted by atomic mass is 16.6. The van der Waals surface area contributed by atoms with Crippen molar-refractivity contribution < 1.29 is 14.5 Å². The molecule has 6 heteroatoms. The molecule has 0 aliphatic carbocycles. The molecule has 0 aliphatic heterocycles. The van der Waals surface area contributed by atoms with Crippen molar-refractivity contribution in [1.82, 2.24) is 0 Å². The lowest BCUT2D eigenvalue weighted by Gasteiger charge is -2.11. The van der Waals surface area contributed by atoms with Crippen LogP contribution in [0.2, 0.25) is 0 Å². The average Bonchev–Trinajstić information content (AvgIpc) is 2.48. The number of benzene rings is 2. The Labute approximate surface area is 121 Å². The molecule has 0 aromatic heterocycles. The van der Waals surface area contributed by atoms with Crippen LogP contribution in [0.25, 0.3) is 0 Å². The number of ether oxygens (including phenoxy) is 1. The molecule has 2 rings (SSSR count). The maximum Gasteiger partial charge on any atom is 0.339 e. The number of nitro benzene ring substituents is 1. The van der Waals surface area contributed by atoms with Crippen LogP contribution in [-0.4, -0.2) is 18.0 Å². The summed E-state index contributed by atoms with van der Waals surface area (Å²) in [5, 5.41) is 14.0. The number of aryl methyl sites for hydroxylation is 1. The minimum absolute atomic E-state index is 0.0466. The first-order chi connectivity index (χ1) is 10.0. The summed E-state index contributed by atoms with van der Waals surface area (Å²) in [5.74, 6) is -0.507. The Morgan fingerprint density at radius 3 is 2.57 bits per heavy atom. The maximum atomic E-state index is 11.7. The molecule has 0 saturated carbocycles. The fraction of sp³-hybridized carbons (Fsp3) is 0.133. The lowest BCUT2D eigenvalue weighted by atomic mass is 10.1. The lowest BCUT2D eigenvalue weighted by molar-refractivity contribution is -0.384. The Hall–Kier alpha value is -2.89. The maximum absolute atomic E-state index is 11.7. The highest BCUT2D eigenvalue weighted by Crippen LogP contribution is 2.30. The number of carbonyl (C=O) groups excluding carboxylic acids is 1. The van der Waals surface area contributed by atoms with Crippen LogP contribution in [-0.2, 0) is 4.74 Å². The largest absolute Gasteiger partial charge is 0.465 e. The van der Waals surface area contributed by atoms with Crippen LogP contribution in [0.15, 0.2) is 42.5 Å². The number of anilines is 2. The van der Waals surface area contributed by atoms with E-state index in [1.165, 1.54) is 13.2 Å². The van der Waals surface area contributed by atoms with Gasteiger partial charge in [-0.25, -0.2) is 4.79 Å². The van der Waals surface area contributed by atoms with Crippen molar-refractivity contribution in [3.8, 4) is 0 Å². The summed E-state index contributed by atoms with van der Waals surface area (Å²) in [4.78, 5) is 22.4. The Balaban J connectivity index is 2.44. The Morgan fingerprint density at radius 2 is 1.90 bits per heavy atom. The van der Waals surface area contributed by atoms with Crippen LogP contribution >= 0.6 is 0 Å². The molecular weight excluding hydrogens is 272 g/mol. The number of hydrogen-bond donors (Lipinski definition) is 1. The zero-order chi connectivity index (χ0) is 15.4. The predicted octanol–water partition coefficient (Wildman–Crippen LogP) is 3.43. The van der Waals surface area contributed by atoms with Crippen molar-refractivity contribution >= 4 is 23.0 Å². The molecule has 0 unspecified atom stereocenters. The second kappa shape index (κ2) is 6.04. The monoisotopic (exact) mass is 286 g/mol. The van der Waals surface area contributed by atoms with E-state index in [1.54, 1.807) is 43.3 Å². The third-order valence-electron chi connectivity index (χ3n) is 2.95. The van der Waals surface area contributed by atoms with E-state index in [1.807, 2.05) is 0 Å². The van der Waals surface area contributed by atoms with Crippen LogP contribution in [0.5, 0.6) is 0 Å². The first kappa shape index (κ1) is 14.5.